The molecule has 18 heavy (non-hydrogen) atoms. The number of aryl methyl sites for hydroxylation is 3. The van der Waals surface area contributed by atoms with Gasteiger partial charge < -0.3 is 10.5 Å². The van der Waals surface area contributed by atoms with Crippen LogP contribution < -0.4 is 5.73 Å². The number of methoxy groups -OCH3 is 1. The highest BCUT2D eigenvalue weighted by Crippen LogP contribution is 2.17. The molecular formula is C15H23NO2. The number of carbonyl (C=O) groups excluding carboxylic acids is 1. The van der Waals surface area contributed by atoms with Crippen molar-refractivity contribution in [2.24, 2.45) is 5.73 Å². The maximum atomic E-state index is 12.3. The van der Waals surface area contributed by atoms with Crippen LogP contribution in [0, 0.1) is 20.8 Å². The topological polar surface area (TPSA) is 52.3 Å². The highest BCUT2D eigenvalue weighted by molar-refractivity contribution is 6.01. The molecule has 3 heteroatoms. The van der Waals surface area contributed by atoms with Crippen LogP contribution in [0.5, 0.6) is 0 Å². The lowest BCUT2D eigenvalue weighted by Crippen LogP contribution is -2.31. The molecule has 1 atom stereocenters. The van der Waals surface area contributed by atoms with Crippen molar-refractivity contribution in [3.63, 3.8) is 0 Å². The second-order valence-electron chi connectivity index (χ2n) is 4.86. The highest BCUT2D eigenvalue weighted by atomic mass is 16.5. The van der Waals surface area contributed by atoms with Gasteiger partial charge in [-0.15, -0.1) is 0 Å². The van der Waals surface area contributed by atoms with Gasteiger partial charge in [-0.25, -0.2) is 0 Å². The Morgan fingerprint density at radius 1 is 1.22 bits per heavy atom. The third kappa shape index (κ3) is 3.65. The summed E-state index contributed by atoms with van der Waals surface area (Å²) in [6.45, 7) is 6.67. The van der Waals surface area contributed by atoms with Gasteiger partial charge in [-0.05, 0) is 56.4 Å². The summed E-state index contributed by atoms with van der Waals surface area (Å²) in [5, 5.41) is 0. The highest BCUT2D eigenvalue weighted by Gasteiger charge is 2.17. The molecule has 0 spiro atoms. The van der Waals surface area contributed by atoms with E-state index in [0.717, 1.165) is 23.1 Å². The average molecular weight is 249 g/mol. The van der Waals surface area contributed by atoms with Gasteiger partial charge in [0.15, 0.2) is 5.78 Å². The third-order valence-electron chi connectivity index (χ3n) is 3.31. The van der Waals surface area contributed by atoms with E-state index < -0.39 is 6.04 Å². The van der Waals surface area contributed by atoms with Crippen LogP contribution in [0.4, 0.5) is 0 Å². The zero-order valence-electron chi connectivity index (χ0n) is 11.7. The van der Waals surface area contributed by atoms with Gasteiger partial charge in [0.05, 0.1) is 6.04 Å². The van der Waals surface area contributed by atoms with Gasteiger partial charge in [-0.1, -0.05) is 6.07 Å². The largest absolute Gasteiger partial charge is 0.385 e. The molecule has 0 saturated heterocycles. The van der Waals surface area contributed by atoms with Gasteiger partial charge in [0.2, 0.25) is 0 Å². The lowest BCUT2D eigenvalue weighted by molar-refractivity contribution is 0.0949. The number of Topliss-reactive ketones (excluding diaryl/α,β-unsaturated/α-hetero) is 1. The quantitative estimate of drug-likeness (QED) is 0.622. The van der Waals surface area contributed by atoms with E-state index in [4.69, 9.17) is 10.5 Å². The van der Waals surface area contributed by atoms with Crippen LogP contribution in [0.2, 0.25) is 0 Å². The predicted octanol–water partition coefficient (Wildman–Crippen LogP) is 2.55. The van der Waals surface area contributed by atoms with Gasteiger partial charge in [-0.2, -0.15) is 0 Å². The Kier molecular flexibility index (Phi) is 5.51. The Labute approximate surface area is 109 Å². The number of rotatable bonds is 6. The Bertz CT molecular complexity index is 427. The molecule has 1 aromatic carbocycles. The number of carbonyl (C=O) groups is 1. The first-order chi connectivity index (χ1) is 8.47. The molecule has 0 amide bonds. The minimum absolute atomic E-state index is 0.0340. The second kappa shape index (κ2) is 6.66. The van der Waals surface area contributed by atoms with Gasteiger partial charge in [0.1, 0.15) is 0 Å². The molecule has 0 aliphatic carbocycles. The van der Waals surface area contributed by atoms with Gasteiger partial charge in [-0.3, -0.25) is 4.79 Å². The summed E-state index contributed by atoms with van der Waals surface area (Å²) in [4.78, 5) is 12.3. The van der Waals surface area contributed by atoms with Crippen LogP contribution in [0.15, 0.2) is 12.1 Å². The van der Waals surface area contributed by atoms with Crippen molar-refractivity contribution in [1.82, 2.24) is 0 Å². The van der Waals surface area contributed by atoms with Gasteiger partial charge in [0, 0.05) is 19.3 Å². The molecule has 0 radical (unpaired) electrons. The van der Waals surface area contributed by atoms with Crippen molar-refractivity contribution in [2.45, 2.75) is 39.7 Å². The molecule has 100 valence electrons. The molecule has 2 N–H and O–H groups in total. The zero-order valence-corrected chi connectivity index (χ0v) is 11.7. The molecule has 0 heterocycles. The molecule has 1 unspecified atom stereocenters. The van der Waals surface area contributed by atoms with Crippen LogP contribution >= 0.6 is 0 Å². The van der Waals surface area contributed by atoms with Crippen molar-refractivity contribution < 1.29 is 9.53 Å². The van der Waals surface area contributed by atoms with Crippen molar-refractivity contribution in [2.75, 3.05) is 13.7 Å². The fourth-order valence-electron chi connectivity index (χ4n) is 2.00. The van der Waals surface area contributed by atoms with Crippen LogP contribution in [-0.2, 0) is 4.74 Å². The van der Waals surface area contributed by atoms with Crippen molar-refractivity contribution in [1.29, 1.82) is 0 Å². The fourth-order valence-corrected chi connectivity index (χ4v) is 2.00. The number of benzene rings is 1. The lowest BCUT2D eigenvalue weighted by Gasteiger charge is -2.14. The third-order valence-corrected chi connectivity index (χ3v) is 3.31. The second-order valence-corrected chi connectivity index (χ2v) is 4.86. The fraction of sp³-hybridized carbons (Fsp3) is 0.533. The van der Waals surface area contributed by atoms with Crippen LogP contribution in [-0.4, -0.2) is 25.5 Å². The van der Waals surface area contributed by atoms with Crippen molar-refractivity contribution in [3.8, 4) is 0 Å². The van der Waals surface area contributed by atoms with Crippen LogP contribution in [0.1, 0.15) is 39.9 Å². The molecular weight excluding hydrogens is 226 g/mol. The molecule has 0 aliphatic rings. The van der Waals surface area contributed by atoms with Crippen molar-refractivity contribution in [3.05, 3.63) is 34.4 Å². The number of nitrogens with two attached hydrogens (primary N) is 1. The molecule has 3 nitrogen and oxygen atoms in total. The first-order valence-corrected chi connectivity index (χ1v) is 6.34. The SMILES string of the molecule is COCCCC(N)C(=O)c1cc(C)c(C)cc1C. The maximum absolute atomic E-state index is 12.3. The standard InChI is InChI=1S/C15H23NO2/c1-10-8-12(3)13(9-11(10)2)15(17)14(16)6-5-7-18-4/h8-9,14H,5-7,16H2,1-4H3. The van der Waals surface area contributed by atoms with Crippen LogP contribution in [0.25, 0.3) is 0 Å². The smallest absolute Gasteiger partial charge is 0.179 e. The summed E-state index contributed by atoms with van der Waals surface area (Å²) >= 11 is 0. The van der Waals surface area contributed by atoms with Gasteiger partial charge in [0.25, 0.3) is 0 Å². The minimum Gasteiger partial charge on any atom is -0.385 e. The van der Waals surface area contributed by atoms with E-state index >= 15 is 0 Å². The maximum Gasteiger partial charge on any atom is 0.179 e. The first-order valence-electron chi connectivity index (χ1n) is 6.34. The van der Waals surface area contributed by atoms with E-state index in [-0.39, 0.29) is 5.78 Å². The van der Waals surface area contributed by atoms with Crippen LogP contribution in [0.3, 0.4) is 0 Å². The molecule has 0 aromatic heterocycles. The normalized spacial score (nSPS) is 12.5. The Morgan fingerprint density at radius 2 is 1.83 bits per heavy atom. The van der Waals surface area contributed by atoms with E-state index in [1.165, 1.54) is 5.56 Å². The van der Waals surface area contributed by atoms with Gasteiger partial charge >= 0.3 is 0 Å². The van der Waals surface area contributed by atoms with E-state index in [1.807, 2.05) is 26.0 Å². The molecule has 1 rings (SSSR count). The predicted molar refractivity (Wildman–Crippen MR) is 74.1 cm³/mol. The van der Waals surface area contributed by atoms with E-state index in [1.54, 1.807) is 7.11 Å². The van der Waals surface area contributed by atoms with E-state index in [0.29, 0.717) is 13.0 Å². The zero-order chi connectivity index (χ0) is 13.7. The molecule has 1 aromatic rings. The average Bonchev–Trinajstić information content (AvgIpc) is 2.33. The summed E-state index contributed by atoms with van der Waals surface area (Å²) in [7, 11) is 1.65. The Balaban J connectivity index is 2.80. The minimum atomic E-state index is -0.430. The summed E-state index contributed by atoms with van der Waals surface area (Å²) in [5.74, 6) is 0.0340. The lowest BCUT2D eigenvalue weighted by atomic mass is 9.94. The number of ether oxygens (including phenoxy) is 1. The summed E-state index contributed by atoms with van der Waals surface area (Å²) in [5.41, 5.74) is 10.0. The molecule has 0 aliphatic heterocycles. The molecule has 0 fully saturated rings. The van der Waals surface area contributed by atoms with Crippen molar-refractivity contribution >= 4 is 5.78 Å². The summed E-state index contributed by atoms with van der Waals surface area (Å²) in [6, 6.07) is 3.56. The Hall–Kier alpha value is -1.19. The number of ketones is 1. The number of hydrogen-bond acceptors (Lipinski definition) is 3. The summed E-state index contributed by atoms with van der Waals surface area (Å²) in [6.07, 6.45) is 1.48. The molecule has 0 bridgehead atoms. The van der Waals surface area contributed by atoms with E-state index in [2.05, 4.69) is 6.92 Å². The van der Waals surface area contributed by atoms with E-state index in [9.17, 15) is 4.79 Å². The number of hydrogen-bond donors (Lipinski definition) is 1. The monoisotopic (exact) mass is 249 g/mol. The summed E-state index contributed by atoms with van der Waals surface area (Å²) < 4.78 is 4.97. The molecule has 0 saturated carbocycles. The Morgan fingerprint density at radius 3 is 2.44 bits per heavy atom. The first kappa shape index (κ1) is 14.9.